The molecular weight excluding hydrogens is 443 g/mol. The predicted molar refractivity (Wildman–Crippen MR) is 113 cm³/mol. The third-order valence-electron chi connectivity index (χ3n) is 6.38. The minimum Gasteiger partial charge on any atom is -0.503 e. The Hall–Kier alpha value is -2.75. The normalized spacial score (nSPS) is 22.1. The number of fused-ring (bicyclic) bond motifs is 1. The molecule has 2 aliphatic rings. The van der Waals surface area contributed by atoms with E-state index in [0.717, 1.165) is 0 Å². The van der Waals surface area contributed by atoms with E-state index in [1.54, 1.807) is 17.9 Å². The molecule has 0 unspecified atom stereocenters. The van der Waals surface area contributed by atoms with Gasteiger partial charge in [0.05, 0.1) is 22.2 Å². The summed E-state index contributed by atoms with van der Waals surface area (Å²) in [6, 6.07) is 4.47. The SMILES string of the molecule is CCN1C(=O)c2c(O)c(=O)c(C(=O)CCc3cccc(Cl)c3F)cn2CC12CC(OO)C2. The molecule has 1 aromatic heterocycles. The monoisotopic (exact) mass is 464 g/mol. The lowest BCUT2D eigenvalue weighted by atomic mass is 9.71. The number of aromatic hydroxyl groups is 1. The zero-order valence-electron chi connectivity index (χ0n) is 17.3. The molecule has 0 radical (unpaired) electrons. The summed E-state index contributed by atoms with van der Waals surface area (Å²) in [6.45, 7) is 2.36. The highest BCUT2D eigenvalue weighted by molar-refractivity contribution is 6.30. The number of amides is 1. The maximum Gasteiger partial charge on any atom is 0.275 e. The van der Waals surface area contributed by atoms with E-state index in [1.165, 1.54) is 22.9 Å². The number of rotatable bonds is 6. The fourth-order valence-electron chi connectivity index (χ4n) is 4.76. The van der Waals surface area contributed by atoms with Gasteiger partial charge in [-0.2, -0.15) is 0 Å². The predicted octanol–water partition coefficient (Wildman–Crippen LogP) is 3.03. The van der Waals surface area contributed by atoms with E-state index in [-0.39, 0.29) is 41.2 Å². The van der Waals surface area contributed by atoms with Crippen molar-refractivity contribution in [3.05, 3.63) is 62.3 Å². The molecule has 4 rings (SSSR count). The Balaban J connectivity index is 1.65. The average molecular weight is 465 g/mol. The second kappa shape index (κ2) is 8.31. The molecule has 1 saturated carbocycles. The summed E-state index contributed by atoms with van der Waals surface area (Å²) in [7, 11) is 0. The van der Waals surface area contributed by atoms with Gasteiger partial charge < -0.3 is 14.6 Å². The summed E-state index contributed by atoms with van der Waals surface area (Å²) in [5.41, 5.74) is -1.77. The quantitative estimate of drug-likeness (QED) is 0.386. The van der Waals surface area contributed by atoms with Gasteiger partial charge in [-0.05, 0) is 25.0 Å². The van der Waals surface area contributed by atoms with Gasteiger partial charge in [-0.15, -0.1) is 0 Å². The van der Waals surface area contributed by atoms with Crippen molar-refractivity contribution in [2.45, 2.75) is 50.8 Å². The molecule has 8 nitrogen and oxygen atoms in total. The van der Waals surface area contributed by atoms with Gasteiger partial charge >= 0.3 is 0 Å². The highest BCUT2D eigenvalue weighted by Crippen LogP contribution is 2.44. The Morgan fingerprint density at radius 2 is 2.06 bits per heavy atom. The number of carbonyl (C=O) groups excluding carboxylic acids is 2. The molecule has 2 N–H and O–H groups in total. The van der Waals surface area contributed by atoms with Gasteiger partial charge in [-0.25, -0.2) is 9.28 Å². The average Bonchev–Trinajstić information content (AvgIpc) is 2.74. The molecule has 0 atom stereocenters. The Kier molecular flexibility index (Phi) is 5.83. The molecule has 1 fully saturated rings. The maximum atomic E-state index is 14.1. The lowest BCUT2D eigenvalue weighted by Gasteiger charge is -2.55. The summed E-state index contributed by atoms with van der Waals surface area (Å²) in [5, 5.41) is 19.4. The van der Waals surface area contributed by atoms with Crippen LogP contribution in [0.4, 0.5) is 4.39 Å². The van der Waals surface area contributed by atoms with Crippen molar-refractivity contribution in [2.24, 2.45) is 0 Å². The van der Waals surface area contributed by atoms with Gasteiger partial charge in [0, 0.05) is 38.5 Å². The smallest absolute Gasteiger partial charge is 0.275 e. The summed E-state index contributed by atoms with van der Waals surface area (Å²) in [6.07, 6.45) is 1.48. The Morgan fingerprint density at radius 3 is 2.72 bits per heavy atom. The number of aromatic nitrogens is 1. The molecule has 1 aliphatic heterocycles. The highest BCUT2D eigenvalue weighted by atomic mass is 35.5. The van der Waals surface area contributed by atoms with E-state index in [0.29, 0.717) is 19.4 Å². The van der Waals surface area contributed by atoms with Crippen molar-refractivity contribution in [3.63, 3.8) is 0 Å². The number of hydrogen-bond donors (Lipinski definition) is 2. The van der Waals surface area contributed by atoms with Gasteiger partial charge in [-0.3, -0.25) is 19.6 Å². The zero-order valence-corrected chi connectivity index (χ0v) is 18.1. The number of benzene rings is 1. The lowest BCUT2D eigenvalue weighted by molar-refractivity contribution is -0.313. The van der Waals surface area contributed by atoms with Crippen LogP contribution in [0.15, 0.2) is 29.2 Å². The number of carbonyl (C=O) groups is 2. The van der Waals surface area contributed by atoms with Crippen LogP contribution >= 0.6 is 11.6 Å². The molecule has 1 spiro atoms. The van der Waals surface area contributed by atoms with Crippen molar-refractivity contribution in [2.75, 3.05) is 6.54 Å². The van der Waals surface area contributed by atoms with E-state index in [4.69, 9.17) is 16.9 Å². The van der Waals surface area contributed by atoms with E-state index in [2.05, 4.69) is 4.89 Å². The van der Waals surface area contributed by atoms with Crippen molar-refractivity contribution in [3.8, 4) is 5.75 Å². The fourth-order valence-corrected chi connectivity index (χ4v) is 4.95. The van der Waals surface area contributed by atoms with Gasteiger partial charge in [0.1, 0.15) is 5.82 Å². The molecule has 2 heterocycles. The summed E-state index contributed by atoms with van der Waals surface area (Å²) >= 11 is 5.77. The number of hydrogen-bond acceptors (Lipinski definition) is 6. The first kappa shape index (κ1) is 22.4. The molecule has 1 amide bonds. The zero-order chi connectivity index (χ0) is 23.2. The largest absolute Gasteiger partial charge is 0.503 e. The third kappa shape index (κ3) is 3.50. The topological polar surface area (TPSA) is 109 Å². The Bertz CT molecular complexity index is 1160. The van der Waals surface area contributed by atoms with Crippen LogP contribution in [0, 0.1) is 5.82 Å². The number of pyridine rings is 1. The number of aryl methyl sites for hydroxylation is 1. The molecule has 32 heavy (non-hydrogen) atoms. The summed E-state index contributed by atoms with van der Waals surface area (Å²) < 4.78 is 15.5. The molecule has 2 aromatic rings. The fraction of sp³-hybridized carbons (Fsp3) is 0.409. The first-order valence-corrected chi connectivity index (χ1v) is 10.6. The lowest BCUT2D eigenvalue weighted by Crippen LogP contribution is -2.66. The minimum absolute atomic E-state index is 0.0230. The number of halogens is 2. The Labute approximate surface area is 187 Å². The van der Waals surface area contributed by atoms with Crippen molar-refractivity contribution >= 4 is 23.3 Å². The molecule has 1 aromatic carbocycles. The number of ketones is 1. The van der Waals surface area contributed by atoms with Crippen LogP contribution in [-0.2, 0) is 17.9 Å². The second-order valence-electron chi connectivity index (χ2n) is 8.24. The van der Waals surface area contributed by atoms with Crippen LogP contribution < -0.4 is 5.43 Å². The standard InChI is InChI=1S/C22H22ClFN2O6/c1-2-26-21(30)18-20(29)19(28)14(10-25(18)11-22(26)8-13(9-22)32-31)16(27)7-6-12-4-3-5-15(23)17(12)24/h3-5,10,13,29,31H,2,6-9,11H2,1H3. The summed E-state index contributed by atoms with van der Waals surface area (Å²) in [4.78, 5) is 44.5. The molecule has 0 saturated heterocycles. The highest BCUT2D eigenvalue weighted by Gasteiger charge is 2.54. The van der Waals surface area contributed by atoms with Crippen molar-refractivity contribution in [1.29, 1.82) is 0 Å². The second-order valence-corrected chi connectivity index (χ2v) is 8.65. The molecule has 170 valence electrons. The van der Waals surface area contributed by atoms with E-state index in [9.17, 15) is 23.9 Å². The van der Waals surface area contributed by atoms with Crippen LogP contribution in [0.5, 0.6) is 5.75 Å². The van der Waals surface area contributed by atoms with Gasteiger partial charge in [0.15, 0.2) is 17.2 Å². The van der Waals surface area contributed by atoms with Crippen LogP contribution in [0.25, 0.3) is 0 Å². The van der Waals surface area contributed by atoms with Crippen LogP contribution in [0.2, 0.25) is 5.02 Å². The molecule has 0 bridgehead atoms. The molecular formula is C22H22ClFN2O6. The van der Waals surface area contributed by atoms with Gasteiger partial charge in [0.2, 0.25) is 5.43 Å². The first-order valence-electron chi connectivity index (χ1n) is 10.3. The van der Waals surface area contributed by atoms with E-state index < -0.39 is 40.3 Å². The number of nitrogens with zero attached hydrogens (tertiary/aromatic N) is 2. The van der Waals surface area contributed by atoms with E-state index in [1.807, 2.05) is 0 Å². The van der Waals surface area contributed by atoms with Gasteiger partial charge in [-0.1, -0.05) is 23.7 Å². The van der Waals surface area contributed by atoms with Crippen LogP contribution in [-0.4, -0.2) is 49.7 Å². The minimum atomic E-state index is -0.932. The number of Topliss-reactive ketones (excluding diaryl/α,β-unsaturated/α-hetero) is 1. The Morgan fingerprint density at radius 1 is 1.34 bits per heavy atom. The molecule has 1 aliphatic carbocycles. The van der Waals surface area contributed by atoms with E-state index >= 15 is 0 Å². The molecule has 10 heteroatoms. The third-order valence-corrected chi connectivity index (χ3v) is 6.67. The number of likely N-dealkylation sites (N-methyl/N-ethyl adjacent to an activating group) is 1. The summed E-state index contributed by atoms with van der Waals surface area (Å²) in [5.74, 6) is -2.50. The maximum absolute atomic E-state index is 14.1. The van der Waals surface area contributed by atoms with Crippen molar-refractivity contribution < 1.29 is 29.2 Å². The van der Waals surface area contributed by atoms with Crippen LogP contribution in [0.1, 0.15) is 52.6 Å². The first-order chi connectivity index (χ1) is 15.2. The van der Waals surface area contributed by atoms with Gasteiger partial charge in [0.25, 0.3) is 5.91 Å². The van der Waals surface area contributed by atoms with Crippen molar-refractivity contribution in [1.82, 2.24) is 9.47 Å². The van der Waals surface area contributed by atoms with Crippen LogP contribution in [0.3, 0.4) is 0 Å².